The van der Waals surface area contributed by atoms with Crippen LogP contribution in [0.3, 0.4) is 0 Å². The average molecular weight is 413 g/mol. The number of ether oxygens (including phenoxy) is 1. The second kappa shape index (κ2) is 8.78. The second-order valence-corrected chi connectivity index (χ2v) is 8.71. The van der Waals surface area contributed by atoms with Crippen LogP contribution in [0.15, 0.2) is 30.3 Å². The summed E-state index contributed by atoms with van der Waals surface area (Å²) in [6, 6.07) is 8.91. The molecule has 29 heavy (non-hydrogen) atoms. The van der Waals surface area contributed by atoms with Crippen molar-refractivity contribution in [2.24, 2.45) is 0 Å². The Morgan fingerprint density at radius 3 is 2.72 bits per heavy atom. The fourth-order valence-corrected chi connectivity index (χ4v) is 4.55. The van der Waals surface area contributed by atoms with Gasteiger partial charge in [-0.2, -0.15) is 0 Å². The summed E-state index contributed by atoms with van der Waals surface area (Å²) in [5.41, 5.74) is 2.23. The lowest BCUT2D eigenvalue weighted by atomic mass is 10.1. The van der Waals surface area contributed by atoms with Crippen LogP contribution in [-0.2, 0) is 22.4 Å². The summed E-state index contributed by atoms with van der Waals surface area (Å²) in [6.45, 7) is -0.361. The first-order chi connectivity index (χ1) is 14.1. The maximum atomic E-state index is 12.3. The third-order valence-corrected chi connectivity index (χ3v) is 6.32. The molecule has 0 aliphatic heterocycles. The lowest BCUT2D eigenvalue weighted by Crippen LogP contribution is -2.25. The summed E-state index contributed by atoms with van der Waals surface area (Å²) < 4.78 is 5.19. The number of benzene rings is 1. The number of hydrogen-bond acceptors (Lipinski definition) is 5. The molecule has 1 fully saturated rings. The third-order valence-electron chi connectivity index (χ3n) is 5.10. The van der Waals surface area contributed by atoms with Crippen molar-refractivity contribution >= 4 is 34.8 Å². The number of carbonyl (C=O) groups excluding carboxylic acids is 3. The molecule has 1 saturated carbocycles. The molecule has 7 heteroatoms. The molecule has 1 heterocycles. The van der Waals surface area contributed by atoms with Gasteiger partial charge < -0.3 is 15.4 Å². The van der Waals surface area contributed by atoms with Gasteiger partial charge in [0.15, 0.2) is 6.61 Å². The quantitative estimate of drug-likeness (QED) is 0.560. The fraction of sp³-hybridized carbons (Fsp3) is 0.409. The number of anilines is 1. The first-order valence-corrected chi connectivity index (χ1v) is 10.9. The summed E-state index contributed by atoms with van der Waals surface area (Å²) in [4.78, 5) is 38.4. The Hall–Kier alpha value is -2.67. The van der Waals surface area contributed by atoms with E-state index in [4.69, 9.17) is 4.74 Å². The lowest BCUT2D eigenvalue weighted by Gasteiger charge is -2.08. The van der Waals surface area contributed by atoms with Crippen molar-refractivity contribution in [3.8, 4) is 0 Å². The summed E-state index contributed by atoms with van der Waals surface area (Å²) in [5.74, 6) is -1.04. The number of fused-ring (bicyclic) bond motifs is 1. The zero-order valence-corrected chi connectivity index (χ0v) is 17.0. The van der Waals surface area contributed by atoms with Gasteiger partial charge in [0, 0.05) is 22.2 Å². The van der Waals surface area contributed by atoms with Crippen LogP contribution in [0.4, 0.5) is 5.69 Å². The van der Waals surface area contributed by atoms with E-state index in [2.05, 4.69) is 10.6 Å². The highest BCUT2D eigenvalue weighted by Gasteiger charge is 2.24. The Balaban J connectivity index is 1.29. The van der Waals surface area contributed by atoms with Gasteiger partial charge in [0.05, 0.1) is 0 Å². The monoisotopic (exact) mass is 412 g/mol. The minimum atomic E-state index is -0.462. The van der Waals surface area contributed by atoms with Crippen molar-refractivity contribution in [2.75, 3.05) is 11.9 Å². The molecule has 0 saturated heterocycles. The molecule has 1 aromatic carbocycles. The molecule has 0 atom stereocenters. The van der Waals surface area contributed by atoms with E-state index in [1.807, 2.05) is 6.07 Å². The summed E-state index contributed by atoms with van der Waals surface area (Å²) >= 11 is 1.48. The highest BCUT2D eigenvalue weighted by atomic mass is 32.1. The van der Waals surface area contributed by atoms with Gasteiger partial charge in [0.2, 0.25) is 0 Å². The molecular formula is C22H24N2O4S. The standard InChI is InChI=1S/C22H24N2O4S/c25-20(23-17-7-4-6-15(11-17)21(26)24-16-9-10-16)13-28-22(27)19-12-14-5-2-1-3-8-18(14)29-19/h4,6-7,11-12,16H,1-3,5,8-10,13H2,(H,23,25)(H,24,26). The van der Waals surface area contributed by atoms with Gasteiger partial charge in [-0.3, -0.25) is 9.59 Å². The number of amides is 2. The van der Waals surface area contributed by atoms with Gasteiger partial charge in [-0.25, -0.2) is 4.79 Å². The van der Waals surface area contributed by atoms with Crippen molar-refractivity contribution < 1.29 is 19.1 Å². The molecule has 0 radical (unpaired) electrons. The van der Waals surface area contributed by atoms with Crippen molar-refractivity contribution in [3.63, 3.8) is 0 Å². The zero-order valence-electron chi connectivity index (χ0n) is 16.2. The predicted octanol–water partition coefficient (Wildman–Crippen LogP) is 3.70. The van der Waals surface area contributed by atoms with E-state index in [1.165, 1.54) is 28.2 Å². The first-order valence-electron chi connectivity index (χ1n) is 10.1. The Bertz CT molecular complexity index is 909. The predicted molar refractivity (Wildman–Crippen MR) is 111 cm³/mol. The Kier molecular flexibility index (Phi) is 5.94. The SMILES string of the molecule is O=C(COC(=O)c1cc2c(s1)CCCCC2)Nc1cccc(C(=O)NC2CC2)c1. The molecule has 4 rings (SSSR count). The molecule has 2 aromatic rings. The van der Waals surface area contributed by atoms with Crippen LogP contribution in [0.2, 0.25) is 0 Å². The summed E-state index contributed by atoms with van der Waals surface area (Å²) in [6.07, 6.45) is 7.58. The van der Waals surface area contributed by atoms with Gasteiger partial charge in [0.25, 0.3) is 11.8 Å². The molecular weight excluding hydrogens is 388 g/mol. The van der Waals surface area contributed by atoms with E-state index in [1.54, 1.807) is 24.3 Å². The smallest absolute Gasteiger partial charge is 0.348 e. The highest BCUT2D eigenvalue weighted by molar-refractivity contribution is 7.14. The van der Waals surface area contributed by atoms with Crippen LogP contribution in [0, 0.1) is 0 Å². The normalized spacial score (nSPS) is 15.7. The molecule has 152 valence electrons. The Labute approximate surface area is 173 Å². The van der Waals surface area contributed by atoms with Crippen molar-refractivity contribution in [1.82, 2.24) is 5.32 Å². The molecule has 2 amide bonds. The van der Waals surface area contributed by atoms with Gasteiger partial charge in [-0.15, -0.1) is 11.3 Å². The minimum absolute atomic E-state index is 0.146. The molecule has 1 aromatic heterocycles. The number of aryl methyl sites for hydroxylation is 2. The molecule has 0 spiro atoms. The lowest BCUT2D eigenvalue weighted by molar-refractivity contribution is -0.119. The minimum Gasteiger partial charge on any atom is -0.451 e. The Morgan fingerprint density at radius 2 is 1.90 bits per heavy atom. The molecule has 2 aliphatic rings. The van der Waals surface area contributed by atoms with Gasteiger partial charge >= 0.3 is 5.97 Å². The second-order valence-electron chi connectivity index (χ2n) is 7.57. The number of rotatable bonds is 6. The third kappa shape index (κ3) is 5.23. The fourth-order valence-electron chi connectivity index (χ4n) is 3.40. The van der Waals surface area contributed by atoms with E-state index in [0.717, 1.165) is 38.5 Å². The molecule has 6 nitrogen and oxygen atoms in total. The van der Waals surface area contributed by atoms with Crippen molar-refractivity contribution in [1.29, 1.82) is 0 Å². The van der Waals surface area contributed by atoms with Crippen LogP contribution >= 0.6 is 11.3 Å². The number of hydrogen-bond donors (Lipinski definition) is 2. The van der Waals surface area contributed by atoms with Gasteiger partial charge in [-0.05, 0) is 68.4 Å². The van der Waals surface area contributed by atoms with E-state index in [-0.39, 0.29) is 18.6 Å². The number of esters is 1. The van der Waals surface area contributed by atoms with E-state index in [9.17, 15) is 14.4 Å². The van der Waals surface area contributed by atoms with E-state index >= 15 is 0 Å². The largest absolute Gasteiger partial charge is 0.451 e. The van der Waals surface area contributed by atoms with E-state index in [0.29, 0.717) is 16.1 Å². The van der Waals surface area contributed by atoms with Crippen molar-refractivity contribution in [2.45, 2.75) is 51.0 Å². The number of thiophene rings is 1. The van der Waals surface area contributed by atoms with Gasteiger partial charge in [-0.1, -0.05) is 12.5 Å². The average Bonchev–Trinajstić information content (AvgIpc) is 3.48. The number of nitrogens with one attached hydrogen (secondary N) is 2. The van der Waals surface area contributed by atoms with Gasteiger partial charge in [0.1, 0.15) is 4.88 Å². The van der Waals surface area contributed by atoms with Crippen LogP contribution < -0.4 is 10.6 Å². The summed E-state index contributed by atoms with van der Waals surface area (Å²) in [5, 5.41) is 5.59. The van der Waals surface area contributed by atoms with E-state index < -0.39 is 11.9 Å². The number of carbonyl (C=O) groups is 3. The van der Waals surface area contributed by atoms with Crippen LogP contribution in [0.1, 0.15) is 62.6 Å². The molecule has 0 unspecified atom stereocenters. The maximum Gasteiger partial charge on any atom is 0.348 e. The highest BCUT2D eigenvalue weighted by Crippen LogP contribution is 2.29. The topological polar surface area (TPSA) is 84.5 Å². The van der Waals surface area contributed by atoms with Crippen molar-refractivity contribution in [3.05, 3.63) is 51.2 Å². The van der Waals surface area contributed by atoms with Crippen LogP contribution in [0.25, 0.3) is 0 Å². The maximum absolute atomic E-state index is 12.3. The molecule has 2 aliphatic carbocycles. The Morgan fingerprint density at radius 1 is 1.07 bits per heavy atom. The van der Waals surface area contributed by atoms with Crippen LogP contribution in [0.5, 0.6) is 0 Å². The first kappa shape index (κ1) is 19.6. The zero-order chi connectivity index (χ0) is 20.2. The summed E-state index contributed by atoms with van der Waals surface area (Å²) in [7, 11) is 0. The molecule has 2 N–H and O–H groups in total. The molecule has 0 bridgehead atoms. The van der Waals surface area contributed by atoms with Crippen LogP contribution in [-0.4, -0.2) is 30.4 Å².